The van der Waals surface area contributed by atoms with E-state index in [4.69, 9.17) is 16.3 Å². The Kier molecular flexibility index (Phi) is 7.57. The molecule has 2 aliphatic heterocycles. The van der Waals surface area contributed by atoms with Gasteiger partial charge in [-0.2, -0.15) is 0 Å². The van der Waals surface area contributed by atoms with Crippen molar-refractivity contribution in [2.24, 2.45) is 23.7 Å². The zero-order chi connectivity index (χ0) is 35.8. The molecule has 256 valence electrons. The molecule has 8 rings (SSSR count). The fourth-order valence-electron chi connectivity index (χ4n) is 8.97. The number of phenolic OH excluding ortho intramolecular Hbond substituents is 1. The highest BCUT2D eigenvalue weighted by atomic mass is 35.5. The summed E-state index contributed by atoms with van der Waals surface area (Å²) < 4.78 is 5.51. The van der Waals surface area contributed by atoms with E-state index in [1.807, 2.05) is 36.4 Å². The van der Waals surface area contributed by atoms with Crippen molar-refractivity contribution < 1.29 is 33.9 Å². The Morgan fingerprint density at radius 3 is 2.27 bits per heavy atom. The SMILES string of the molecule is COc1cc(C2C3=CCC4C(=O)N(c5ccc([N+](=O)[O-])cc5)C(=O)C4C3CC3C(=O)N(c4cccc(Cl)c4)C(=O)C32c2ccccc2)ccc1O. The van der Waals surface area contributed by atoms with Gasteiger partial charge in [0, 0.05) is 23.1 Å². The van der Waals surface area contributed by atoms with E-state index < -0.39 is 63.6 Å². The minimum Gasteiger partial charge on any atom is -0.504 e. The van der Waals surface area contributed by atoms with Crippen molar-refractivity contribution >= 4 is 52.3 Å². The van der Waals surface area contributed by atoms with Gasteiger partial charge in [0.15, 0.2) is 11.5 Å². The largest absolute Gasteiger partial charge is 0.504 e. The molecular weight excluding hydrogens is 674 g/mol. The molecule has 11 nitrogen and oxygen atoms in total. The number of phenols is 1. The number of aromatic hydroxyl groups is 1. The van der Waals surface area contributed by atoms with Gasteiger partial charge in [-0.15, -0.1) is 0 Å². The van der Waals surface area contributed by atoms with Crippen LogP contribution in [0.25, 0.3) is 0 Å². The summed E-state index contributed by atoms with van der Waals surface area (Å²) in [6.07, 6.45) is 2.23. The molecule has 1 saturated carbocycles. The number of carbonyl (C=O) groups is 4. The first-order chi connectivity index (χ1) is 24.6. The number of rotatable bonds is 6. The van der Waals surface area contributed by atoms with Crippen LogP contribution >= 0.6 is 11.6 Å². The third-order valence-corrected chi connectivity index (χ3v) is 11.3. The molecule has 0 radical (unpaired) electrons. The van der Waals surface area contributed by atoms with Gasteiger partial charge >= 0.3 is 0 Å². The summed E-state index contributed by atoms with van der Waals surface area (Å²) in [5.41, 5.74) is 0.815. The summed E-state index contributed by atoms with van der Waals surface area (Å²) >= 11 is 6.37. The number of hydrogen-bond donors (Lipinski definition) is 1. The molecule has 12 heteroatoms. The van der Waals surface area contributed by atoms with Crippen LogP contribution in [0.4, 0.5) is 17.1 Å². The van der Waals surface area contributed by atoms with Crippen LogP contribution in [-0.2, 0) is 24.6 Å². The van der Waals surface area contributed by atoms with Gasteiger partial charge in [-0.3, -0.25) is 34.2 Å². The van der Waals surface area contributed by atoms with Crippen LogP contribution in [0.1, 0.15) is 29.9 Å². The van der Waals surface area contributed by atoms with E-state index >= 15 is 4.79 Å². The Hall–Kier alpha value is -5.81. The van der Waals surface area contributed by atoms with E-state index in [9.17, 15) is 29.6 Å². The topological polar surface area (TPSA) is 147 Å². The summed E-state index contributed by atoms with van der Waals surface area (Å²) in [5.74, 6) is -5.72. The van der Waals surface area contributed by atoms with Gasteiger partial charge in [0.05, 0.1) is 46.6 Å². The lowest BCUT2D eigenvalue weighted by atomic mass is 9.49. The first kappa shape index (κ1) is 32.4. The predicted molar refractivity (Wildman–Crippen MR) is 186 cm³/mol. The second-order valence-electron chi connectivity index (χ2n) is 13.3. The summed E-state index contributed by atoms with van der Waals surface area (Å²) in [6, 6.07) is 25.8. The van der Waals surface area contributed by atoms with E-state index in [-0.39, 0.29) is 35.7 Å². The minimum absolute atomic E-state index is 0.0996. The maximum absolute atomic E-state index is 15.3. The van der Waals surface area contributed by atoms with Crippen molar-refractivity contribution in [2.45, 2.75) is 24.2 Å². The zero-order valence-electron chi connectivity index (χ0n) is 27.1. The molecule has 4 aromatic carbocycles. The number of amides is 4. The second kappa shape index (κ2) is 11.9. The molecule has 4 aliphatic rings. The number of nitro benzene ring substituents is 1. The van der Waals surface area contributed by atoms with E-state index in [1.165, 1.54) is 42.3 Å². The van der Waals surface area contributed by atoms with Crippen LogP contribution in [-0.4, -0.2) is 40.8 Å². The van der Waals surface area contributed by atoms with E-state index in [0.717, 1.165) is 10.5 Å². The van der Waals surface area contributed by atoms with Crippen molar-refractivity contribution in [3.8, 4) is 11.5 Å². The standard InChI is InChI=1S/C39H30ClN3O8/c1-51-32-18-21(10-17-31(32)44)34-27-15-16-28-33(37(47)41(35(28)45)24-11-13-25(14-12-24)43(49)50)29(27)20-30-36(46)42(26-9-5-8-23(40)19-26)38(48)39(30,34)22-6-3-2-4-7-22/h2-15,17-19,28-30,33-34,44H,16,20H2,1H3. The Morgan fingerprint density at radius 2 is 1.59 bits per heavy atom. The Labute approximate surface area is 296 Å². The molecule has 2 aliphatic carbocycles. The van der Waals surface area contributed by atoms with Crippen LogP contribution < -0.4 is 14.5 Å². The maximum atomic E-state index is 15.3. The zero-order valence-corrected chi connectivity index (χ0v) is 27.9. The van der Waals surface area contributed by atoms with Crippen LogP contribution in [0, 0.1) is 33.8 Å². The molecule has 0 spiro atoms. The third kappa shape index (κ3) is 4.64. The summed E-state index contributed by atoms with van der Waals surface area (Å²) in [6.45, 7) is 0. The molecule has 4 aromatic rings. The third-order valence-electron chi connectivity index (χ3n) is 11.0. The average Bonchev–Trinajstić information content (AvgIpc) is 3.53. The number of nitro groups is 1. The lowest BCUT2D eigenvalue weighted by molar-refractivity contribution is -0.384. The molecule has 6 atom stereocenters. The summed E-state index contributed by atoms with van der Waals surface area (Å²) in [4.78, 5) is 71.6. The molecule has 2 heterocycles. The fourth-order valence-corrected chi connectivity index (χ4v) is 9.15. The number of methoxy groups -OCH3 is 1. The minimum atomic E-state index is -1.48. The molecule has 3 fully saturated rings. The number of halogens is 1. The molecule has 6 unspecified atom stereocenters. The van der Waals surface area contributed by atoms with E-state index in [1.54, 1.807) is 36.4 Å². The van der Waals surface area contributed by atoms with Crippen LogP contribution in [0.15, 0.2) is 109 Å². The van der Waals surface area contributed by atoms with E-state index in [2.05, 4.69) is 0 Å². The molecule has 0 bridgehead atoms. The van der Waals surface area contributed by atoms with Crippen LogP contribution in [0.3, 0.4) is 0 Å². The Bertz CT molecular complexity index is 2190. The summed E-state index contributed by atoms with van der Waals surface area (Å²) in [5, 5.41) is 22.3. The lowest BCUT2D eigenvalue weighted by Gasteiger charge is -2.50. The number of nitrogens with zero attached hydrogens (tertiary/aromatic N) is 3. The van der Waals surface area contributed by atoms with Gasteiger partial charge in [0.1, 0.15) is 0 Å². The Balaban J connectivity index is 1.33. The van der Waals surface area contributed by atoms with Gasteiger partial charge in [-0.25, -0.2) is 4.90 Å². The monoisotopic (exact) mass is 703 g/mol. The van der Waals surface area contributed by atoms with Crippen LogP contribution in [0.5, 0.6) is 11.5 Å². The lowest BCUT2D eigenvalue weighted by Crippen LogP contribution is -2.53. The van der Waals surface area contributed by atoms with Crippen LogP contribution in [0.2, 0.25) is 5.02 Å². The van der Waals surface area contributed by atoms with Crippen molar-refractivity contribution in [2.75, 3.05) is 16.9 Å². The number of carbonyl (C=O) groups excluding carboxylic acids is 4. The van der Waals surface area contributed by atoms with Gasteiger partial charge in [0.25, 0.3) is 5.69 Å². The van der Waals surface area contributed by atoms with Gasteiger partial charge in [-0.05, 0) is 72.4 Å². The normalized spacial score (nSPS) is 26.8. The number of benzene rings is 4. The number of anilines is 2. The van der Waals surface area contributed by atoms with Crippen molar-refractivity contribution in [3.05, 3.63) is 135 Å². The van der Waals surface area contributed by atoms with Crippen molar-refractivity contribution in [3.63, 3.8) is 0 Å². The average molecular weight is 704 g/mol. The quantitative estimate of drug-likeness (QED) is 0.106. The summed E-state index contributed by atoms with van der Waals surface area (Å²) in [7, 11) is 1.42. The number of hydrogen-bond acceptors (Lipinski definition) is 8. The first-order valence-electron chi connectivity index (χ1n) is 16.5. The molecule has 4 amide bonds. The highest BCUT2D eigenvalue weighted by molar-refractivity contribution is 6.32. The van der Waals surface area contributed by atoms with Crippen molar-refractivity contribution in [1.29, 1.82) is 0 Å². The molecular formula is C39H30ClN3O8. The predicted octanol–water partition coefficient (Wildman–Crippen LogP) is 6.33. The second-order valence-corrected chi connectivity index (χ2v) is 13.7. The number of ether oxygens (including phenoxy) is 1. The molecule has 0 aromatic heterocycles. The highest BCUT2D eigenvalue weighted by Gasteiger charge is 2.70. The number of fused-ring (bicyclic) bond motifs is 4. The fraction of sp³-hybridized carbons (Fsp3) is 0.231. The van der Waals surface area contributed by atoms with E-state index in [0.29, 0.717) is 21.8 Å². The highest BCUT2D eigenvalue weighted by Crippen LogP contribution is 2.65. The number of imide groups is 2. The maximum Gasteiger partial charge on any atom is 0.269 e. The van der Waals surface area contributed by atoms with Gasteiger partial charge in [-0.1, -0.05) is 65.7 Å². The van der Waals surface area contributed by atoms with Gasteiger partial charge in [0.2, 0.25) is 23.6 Å². The van der Waals surface area contributed by atoms with Crippen molar-refractivity contribution in [1.82, 2.24) is 0 Å². The number of allylic oxidation sites excluding steroid dienone is 2. The Morgan fingerprint density at radius 1 is 0.843 bits per heavy atom. The number of non-ortho nitro benzene ring substituents is 1. The molecule has 1 N–H and O–H groups in total. The van der Waals surface area contributed by atoms with Gasteiger partial charge < -0.3 is 9.84 Å². The first-order valence-corrected chi connectivity index (χ1v) is 16.8. The molecule has 2 saturated heterocycles. The smallest absolute Gasteiger partial charge is 0.269 e. The molecule has 51 heavy (non-hydrogen) atoms.